The summed E-state index contributed by atoms with van der Waals surface area (Å²) in [7, 11) is 0. The highest BCUT2D eigenvalue weighted by Gasteiger charge is 2.08. The van der Waals surface area contributed by atoms with Gasteiger partial charge in [0.25, 0.3) is 0 Å². The predicted octanol–water partition coefficient (Wildman–Crippen LogP) is 2.70. The Morgan fingerprint density at radius 3 is 2.85 bits per heavy atom. The van der Waals surface area contributed by atoms with Gasteiger partial charge in [0.05, 0.1) is 6.42 Å². The zero-order valence-corrected chi connectivity index (χ0v) is 9.37. The molecule has 1 aromatic carbocycles. The smallest absolute Gasteiger partial charge is 0.307 e. The Bertz CT molecular complexity index is 327. The molecular formula is C8H6ClIO3. The van der Waals surface area contributed by atoms with Crippen LogP contribution in [-0.4, -0.2) is 11.1 Å². The van der Waals surface area contributed by atoms with Crippen molar-refractivity contribution in [2.24, 2.45) is 0 Å². The first-order valence-corrected chi connectivity index (χ1v) is 4.68. The van der Waals surface area contributed by atoms with E-state index in [9.17, 15) is 4.79 Å². The highest BCUT2D eigenvalue weighted by molar-refractivity contribution is 14.1. The van der Waals surface area contributed by atoms with Crippen LogP contribution in [0.25, 0.3) is 0 Å². The zero-order valence-electron chi connectivity index (χ0n) is 6.46. The van der Waals surface area contributed by atoms with Crippen molar-refractivity contribution in [3.63, 3.8) is 0 Å². The Morgan fingerprint density at radius 2 is 2.31 bits per heavy atom. The second-order valence-electron chi connectivity index (χ2n) is 2.40. The van der Waals surface area contributed by atoms with E-state index in [2.05, 4.69) is 0 Å². The summed E-state index contributed by atoms with van der Waals surface area (Å²) < 4.78 is 4.95. The van der Waals surface area contributed by atoms with E-state index >= 15 is 0 Å². The first-order valence-electron chi connectivity index (χ1n) is 3.42. The minimum absolute atomic E-state index is 0.0844. The molecule has 0 unspecified atom stereocenters. The summed E-state index contributed by atoms with van der Waals surface area (Å²) in [6, 6.07) is 4.89. The third kappa shape index (κ3) is 3.04. The minimum Gasteiger partial charge on any atom is -0.481 e. The van der Waals surface area contributed by atoms with Crippen molar-refractivity contribution in [3.05, 3.63) is 28.8 Å². The number of carboxylic acids is 1. The topological polar surface area (TPSA) is 46.5 Å². The van der Waals surface area contributed by atoms with Crippen molar-refractivity contribution >= 4 is 40.6 Å². The van der Waals surface area contributed by atoms with Crippen molar-refractivity contribution in [1.82, 2.24) is 0 Å². The number of benzene rings is 1. The highest BCUT2D eigenvalue weighted by atomic mass is 127. The fourth-order valence-electron chi connectivity index (χ4n) is 0.924. The van der Waals surface area contributed by atoms with Gasteiger partial charge in [-0.2, -0.15) is 0 Å². The maximum Gasteiger partial charge on any atom is 0.307 e. The van der Waals surface area contributed by atoms with Crippen LogP contribution < -0.4 is 3.07 Å². The van der Waals surface area contributed by atoms with Crippen LogP contribution in [0.15, 0.2) is 18.2 Å². The Kier molecular flexibility index (Phi) is 3.80. The molecule has 0 saturated heterocycles. The van der Waals surface area contributed by atoms with Gasteiger partial charge >= 0.3 is 5.97 Å². The predicted molar refractivity (Wildman–Crippen MR) is 57.4 cm³/mol. The summed E-state index contributed by atoms with van der Waals surface area (Å²) in [5, 5.41) is 9.08. The lowest BCUT2D eigenvalue weighted by molar-refractivity contribution is -0.136. The highest BCUT2D eigenvalue weighted by Crippen LogP contribution is 2.24. The van der Waals surface area contributed by atoms with Gasteiger partial charge in [-0.05, 0) is 18.2 Å². The second kappa shape index (κ2) is 4.66. The fraction of sp³-hybridized carbons (Fsp3) is 0.125. The summed E-state index contributed by atoms with van der Waals surface area (Å²) in [6.45, 7) is 0. The number of rotatable bonds is 3. The van der Waals surface area contributed by atoms with Gasteiger partial charge in [-0.15, -0.1) is 0 Å². The summed E-state index contributed by atoms with van der Waals surface area (Å²) in [5.74, 6) is -0.371. The number of aliphatic carboxylic acids is 1. The zero-order chi connectivity index (χ0) is 9.84. The molecule has 0 aliphatic heterocycles. The first kappa shape index (κ1) is 10.6. The van der Waals surface area contributed by atoms with Gasteiger partial charge in [0.1, 0.15) is 5.75 Å². The SMILES string of the molecule is O=C(O)Cc1cc(Cl)ccc1OI. The molecular weight excluding hydrogens is 306 g/mol. The number of halogens is 2. The summed E-state index contributed by atoms with van der Waals surface area (Å²) in [6.07, 6.45) is -0.0844. The molecule has 0 fully saturated rings. The van der Waals surface area contributed by atoms with E-state index in [4.69, 9.17) is 19.8 Å². The van der Waals surface area contributed by atoms with E-state index in [1.165, 1.54) is 0 Å². The molecule has 0 aromatic heterocycles. The number of hydrogen-bond acceptors (Lipinski definition) is 2. The molecule has 1 aromatic rings. The van der Waals surface area contributed by atoms with E-state index in [1.807, 2.05) is 0 Å². The summed E-state index contributed by atoms with van der Waals surface area (Å²) >= 11 is 7.41. The molecule has 0 atom stereocenters. The standard InChI is InChI=1S/C8H6ClIO3/c9-6-1-2-7(13-10)5(3-6)4-8(11)12/h1-3H,4H2,(H,11,12). The van der Waals surface area contributed by atoms with Gasteiger partial charge in [-0.25, -0.2) is 0 Å². The normalized spacial score (nSPS) is 9.69. The van der Waals surface area contributed by atoms with Crippen LogP contribution in [0, 0.1) is 0 Å². The first-order chi connectivity index (χ1) is 6.13. The maximum atomic E-state index is 10.4. The van der Waals surface area contributed by atoms with Crippen molar-refractivity contribution < 1.29 is 13.0 Å². The molecule has 0 radical (unpaired) electrons. The van der Waals surface area contributed by atoms with Gasteiger partial charge in [0.2, 0.25) is 0 Å². The average Bonchev–Trinajstić information content (AvgIpc) is 2.03. The quantitative estimate of drug-likeness (QED) is 0.873. The monoisotopic (exact) mass is 312 g/mol. The number of carbonyl (C=O) groups is 1. The van der Waals surface area contributed by atoms with Crippen molar-refractivity contribution in [3.8, 4) is 5.75 Å². The largest absolute Gasteiger partial charge is 0.481 e. The molecule has 0 spiro atoms. The summed E-state index contributed by atoms with van der Waals surface area (Å²) in [5.41, 5.74) is 0.578. The molecule has 70 valence electrons. The van der Waals surface area contributed by atoms with Gasteiger partial charge in [0, 0.05) is 10.6 Å². The van der Waals surface area contributed by atoms with Crippen LogP contribution in [0.1, 0.15) is 5.56 Å². The minimum atomic E-state index is -0.906. The second-order valence-corrected chi connectivity index (χ2v) is 3.28. The van der Waals surface area contributed by atoms with Gasteiger partial charge in [0.15, 0.2) is 23.0 Å². The fourth-order valence-corrected chi connectivity index (χ4v) is 1.55. The van der Waals surface area contributed by atoms with E-state index in [0.29, 0.717) is 16.3 Å². The van der Waals surface area contributed by atoms with E-state index < -0.39 is 5.97 Å². The van der Waals surface area contributed by atoms with Crippen LogP contribution in [0.4, 0.5) is 0 Å². The van der Waals surface area contributed by atoms with Gasteiger partial charge in [-0.1, -0.05) is 11.6 Å². The molecule has 0 aliphatic carbocycles. The molecule has 1 N–H and O–H groups in total. The lowest BCUT2D eigenvalue weighted by Crippen LogP contribution is -2.01. The molecule has 0 amide bonds. The van der Waals surface area contributed by atoms with Gasteiger partial charge in [-0.3, -0.25) is 4.79 Å². The van der Waals surface area contributed by atoms with Crippen molar-refractivity contribution in [2.75, 3.05) is 0 Å². The molecule has 13 heavy (non-hydrogen) atoms. The molecule has 0 bridgehead atoms. The molecule has 3 nitrogen and oxygen atoms in total. The lowest BCUT2D eigenvalue weighted by atomic mass is 10.1. The summed E-state index contributed by atoms with van der Waals surface area (Å²) in [4.78, 5) is 10.4. The maximum absolute atomic E-state index is 10.4. The Balaban J connectivity index is 3.01. The molecule has 5 heteroatoms. The lowest BCUT2D eigenvalue weighted by Gasteiger charge is -2.04. The third-order valence-electron chi connectivity index (χ3n) is 1.45. The molecule has 1 rings (SSSR count). The van der Waals surface area contributed by atoms with Crippen LogP contribution in [-0.2, 0) is 11.2 Å². The molecule has 0 heterocycles. The van der Waals surface area contributed by atoms with E-state index in [1.54, 1.807) is 41.2 Å². The Hall–Kier alpha value is -0.490. The average molecular weight is 312 g/mol. The number of carboxylic acid groups (broad SMARTS) is 1. The van der Waals surface area contributed by atoms with Crippen LogP contribution in [0.3, 0.4) is 0 Å². The van der Waals surface area contributed by atoms with Crippen molar-refractivity contribution in [1.29, 1.82) is 0 Å². The molecule has 0 saturated carbocycles. The number of hydrogen-bond donors (Lipinski definition) is 1. The van der Waals surface area contributed by atoms with Crippen LogP contribution in [0.2, 0.25) is 5.02 Å². The Morgan fingerprint density at radius 1 is 1.62 bits per heavy atom. The van der Waals surface area contributed by atoms with Crippen molar-refractivity contribution in [2.45, 2.75) is 6.42 Å². The third-order valence-corrected chi connectivity index (χ3v) is 2.16. The Labute approximate surface area is 94.3 Å². The van der Waals surface area contributed by atoms with E-state index in [-0.39, 0.29) is 6.42 Å². The van der Waals surface area contributed by atoms with Gasteiger partial charge < -0.3 is 8.17 Å². The van der Waals surface area contributed by atoms with E-state index in [0.717, 1.165) is 0 Å². The van der Waals surface area contributed by atoms with Crippen LogP contribution >= 0.6 is 34.6 Å². The molecule has 0 aliphatic rings. The van der Waals surface area contributed by atoms with Crippen LogP contribution in [0.5, 0.6) is 5.75 Å².